The summed E-state index contributed by atoms with van der Waals surface area (Å²) in [6.07, 6.45) is 0.581. The first-order valence-corrected chi connectivity index (χ1v) is 6.52. The Morgan fingerprint density at radius 1 is 1.30 bits per heavy atom. The number of hydrogen-bond acceptors (Lipinski definition) is 3. The van der Waals surface area contributed by atoms with Crippen molar-refractivity contribution in [3.8, 4) is 0 Å². The lowest BCUT2D eigenvalue weighted by Gasteiger charge is -2.41. The Bertz CT molecular complexity index is 570. The van der Waals surface area contributed by atoms with E-state index in [9.17, 15) is 9.59 Å². The van der Waals surface area contributed by atoms with Crippen LogP contribution in [0.5, 0.6) is 0 Å². The fraction of sp³-hybridized carbons (Fsp3) is 0.467. The number of hydrogen-bond donors (Lipinski definition) is 0. The Kier molecular flexibility index (Phi) is 3.94. The van der Waals surface area contributed by atoms with E-state index in [1.165, 1.54) is 7.11 Å². The van der Waals surface area contributed by atoms with Gasteiger partial charge in [0.25, 0.3) is 0 Å². The Balaban J connectivity index is 0.00000147. The second-order valence-electron chi connectivity index (χ2n) is 5.91. The lowest BCUT2D eigenvalue weighted by molar-refractivity contribution is -0.924. The van der Waals surface area contributed by atoms with Crippen molar-refractivity contribution in [1.82, 2.24) is 0 Å². The largest absolute Gasteiger partial charge is 1.00 e. The molecule has 0 aliphatic carbocycles. The number of fused-ring (bicyclic) bond motifs is 4. The van der Waals surface area contributed by atoms with Gasteiger partial charge in [-0.05, 0) is 0 Å². The summed E-state index contributed by atoms with van der Waals surface area (Å²) in [4.78, 5) is 24.6. The molecule has 2 aliphatic heterocycles. The quantitative estimate of drug-likeness (QED) is 0.337. The number of Topliss-reactive ketones (excluding diaryl/α,β-unsaturated/α-hetero) is 1. The second-order valence-corrected chi connectivity index (χ2v) is 5.91. The second kappa shape index (κ2) is 5.11. The molecule has 0 N–H and O–H groups in total. The van der Waals surface area contributed by atoms with Crippen molar-refractivity contribution in [2.75, 3.05) is 21.2 Å². The molecule has 0 spiro atoms. The number of quaternary nitrogens is 1. The van der Waals surface area contributed by atoms with E-state index in [4.69, 9.17) is 4.74 Å². The summed E-state index contributed by atoms with van der Waals surface area (Å²) in [7, 11) is 5.48. The standard InChI is InChI=1S/C15H18NO3.HI/c1-16(2)12-8-11(15(18)19-3)13(16)9-6-4-5-7-10(9)14(12)17;/h4-7,11-13H,8H2,1-3H3;1H/q+1;/p-1/t11-,12?,13?;/m0./s1. The predicted octanol–water partition coefficient (Wildman–Crippen LogP) is -1.43. The maximum Gasteiger partial charge on any atom is 0.315 e. The predicted molar refractivity (Wildman–Crippen MR) is 69.5 cm³/mol. The smallest absolute Gasteiger partial charge is 0.315 e. The zero-order valence-corrected chi connectivity index (χ0v) is 14.0. The fourth-order valence-corrected chi connectivity index (χ4v) is 3.82. The Labute approximate surface area is 135 Å². The van der Waals surface area contributed by atoms with Crippen molar-refractivity contribution in [3.05, 3.63) is 35.4 Å². The van der Waals surface area contributed by atoms with Crippen LogP contribution in [0.4, 0.5) is 0 Å². The van der Waals surface area contributed by atoms with E-state index >= 15 is 0 Å². The molecule has 2 heterocycles. The Hall–Kier alpha value is -0.950. The molecule has 0 saturated carbocycles. The molecule has 108 valence electrons. The van der Waals surface area contributed by atoms with E-state index in [1.54, 1.807) is 0 Å². The molecule has 20 heavy (non-hydrogen) atoms. The molecule has 0 radical (unpaired) electrons. The van der Waals surface area contributed by atoms with Gasteiger partial charge in [0, 0.05) is 17.5 Å². The maximum atomic E-state index is 12.6. The number of methoxy groups -OCH3 is 1. The first-order valence-electron chi connectivity index (χ1n) is 6.52. The van der Waals surface area contributed by atoms with E-state index < -0.39 is 0 Å². The number of benzene rings is 1. The number of ether oxygens (including phenoxy) is 1. The molecule has 3 rings (SSSR count). The topological polar surface area (TPSA) is 43.4 Å². The van der Waals surface area contributed by atoms with Crippen LogP contribution in [0.15, 0.2) is 24.3 Å². The zero-order chi connectivity index (χ0) is 13.8. The molecule has 4 nitrogen and oxygen atoms in total. The van der Waals surface area contributed by atoms with Gasteiger partial charge in [0.1, 0.15) is 12.0 Å². The SMILES string of the molecule is COC(=O)[C@H]1CC2C(=O)c3ccccc3C1[N+]2(C)C.[I-]. The summed E-state index contributed by atoms with van der Waals surface area (Å²) < 4.78 is 5.48. The lowest BCUT2D eigenvalue weighted by Crippen LogP contribution is -3.00. The van der Waals surface area contributed by atoms with Crippen LogP contribution in [-0.4, -0.2) is 43.5 Å². The van der Waals surface area contributed by atoms with Gasteiger partial charge < -0.3 is 33.2 Å². The van der Waals surface area contributed by atoms with E-state index in [2.05, 4.69) is 0 Å². The number of rotatable bonds is 1. The van der Waals surface area contributed by atoms with Gasteiger partial charge in [-0.15, -0.1) is 0 Å². The van der Waals surface area contributed by atoms with Crippen molar-refractivity contribution < 1.29 is 42.8 Å². The van der Waals surface area contributed by atoms with E-state index in [1.807, 2.05) is 38.4 Å². The summed E-state index contributed by atoms with van der Waals surface area (Å²) in [5.74, 6) is -0.274. The lowest BCUT2D eigenvalue weighted by atomic mass is 9.88. The molecule has 2 aliphatic rings. The molecule has 0 amide bonds. The minimum Gasteiger partial charge on any atom is -1.00 e. The molecular formula is C15H18INO3. The third kappa shape index (κ3) is 1.90. The van der Waals surface area contributed by atoms with E-state index in [-0.39, 0.29) is 53.7 Å². The number of esters is 1. The molecule has 5 heteroatoms. The van der Waals surface area contributed by atoms with Gasteiger partial charge in [0.2, 0.25) is 5.78 Å². The first kappa shape index (κ1) is 15.4. The number of likely N-dealkylation sites (N-methyl/N-ethyl adjacent to an activating group) is 1. The highest BCUT2D eigenvalue weighted by Gasteiger charge is 2.60. The van der Waals surface area contributed by atoms with E-state index in [0.29, 0.717) is 10.9 Å². The highest BCUT2D eigenvalue weighted by Crippen LogP contribution is 2.50. The average Bonchev–Trinajstić information content (AvgIpc) is 2.58. The minimum absolute atomic E-state index is 0. The van der Waals surface area contributed by atoms with Crippen LogP contribution in [0.2, 0.25) is 0 Å². The summed E-state index contributed by atoms with van der Waals surface area (Å²) in [6, 6.07) is 7.54. The average molecular weight is 387 g/mol. The summed E-state index contributed by atoms with van der Waals surface area (Å²) >= 11 is 0. The number of carbonyl (C=O) groups is 2. The Morgan fingerprint density at radius 3 is 2.60 bits per heavy atom. The van der Waals surface area contributed by atoms with Crippen LogP contribution in [0.1, 0.15) is 28.4 Å². The molecule has 2 bridgehead atoms. The first-order chi connectivity index (χ1) is 8.98. The van der Waals surface area contributed by atoms with Crippen molar-refractivity contribution in [2.24, 2.45) is 5.92 Å². The number of ketones is 1. The zero-order valence-electron chi connectivity index (χ0n) is 11.8. The van der Waals surface area contributed by atoms with Gasteiger partial charge in [-0.25, -0.2) is 0 Å². The summed E-state index contributed by atoms with van der Waals surface area (Å²) in [5, 5.41) is 0. The van der Waals surface area contributed by atoms with Crippen molar-refractivity contribution in [3.63, 3.8) is 0 Å². The van der Waals surface area contributed by atoms with Crippen LogP contribution in [0.25, 0.3) is 0 Å². The molecule has 1 saturated heterocycles. The molecule has 3 atom stereocenters. The monoisotopic (exact) mass is 387 g/mol. The normalized spacial score (nSPS) is 29.4. The number of nitrogens with zero attached hydrogens (tertiary/aromatic N) is 1. The number of halogens is 1. The molecule has 1 fully saturated rings. The van der Waals surface area contributed by atoms with Crippen LogP contribution in [0.3, 0.4) is 0 Å². The van der Waals surface area contributed by atoms with Crippen LogP contribution in [-0.2, 0) is 9.53 Å². The van der Waals surface area contributed by atoms with Crippen LogP contribution in [0, 0.1) is 5.92 Å². The highest BCUT2D eigenvalue weighted by molar-refractivity contribution is 6.02. The molecule has 1 aromatic rings. The molecule has 1 aromatic carbocycles. The van der Waals surface area contributed by atoms with Gasteiger partial charge in [-0.1, -0.05) is 24.3 Å². The third-order valence-electron chi connectivity index (χ3n) is 4.73. The van der Waals surface area contributed by atoms with E-state index in [0.717, 1.165) is 11.1 Å². The molecule has 0 aromatic heterocycles. The van der Waals surface area contributed by atoms with Gasteiger partial charge in [-0.2, -0.15) is 0 Å². The van der Waals surface area contributed by atoms with Crippen molar-refractivity contribution >= 4 is 11.8 Å². The third-order valence-corrected chi connectivity index (χ3v) is 4.73. The number of carbonyl (C=O) groups excluding carboxylic acids is 2. The molecule has 2 unspecified atom stereocenters. The fourth-order valence-electron chi connectivity index (χ4n) is 3.82. The molecular weight excluding hydrogens is 369 g/mol. The van der Waals surface area contributed by atoms with Gasteiger partial charge in [0.15, 0.2) is 6.04 Å². The van der Waals surface area contributed by atoms with Gasteiger partial charge in [0.05, 0.1) is 21.2 Å². The summed E-state index contributed by atoms with van der Waals surface area (Å²) in [6.45, 7) is 0. The minimum atomic E-state index is -0.224. The summed E-state index contributed by atoms with van der Waals surface area (Å²) in [5.41, 5.74) is 1.77. The highest BCUT2D eigenvalue weighted by atomic mass is 127. The maximum absolute atomic E-state index is 12.6. The van der Waals surface area contributed by atoms with Gasteiger partial charge >= 0.3 is 5.97 Å². The van der Waals surface area contributed by atoms with Crippen LogP contribution >= 0.6 is 0 Å². The van der Waals surface area contributed by atoms with Crippen molar-refractivity contribution in [1.29, 1.82) is 0 Å². The Morgan fingerprint density at radius 2 is 1.95 bits per heavy atom. The van der Waals surface area contributed by atoms with Gasteiger partial charge in [-0.3, -0.25) is 9.59 Å². The van der Waals surface area contributed by atoms with Crippen molar-refractivity contribution in [2.45, 2.75) is 18.5 Å². The van der Waals surface area contributed by atoms with Crippen LogP contribution < -0.4 is 24.0 Å².